The number of anilines is 1. The monoisotopic (exact) mass is 610 g/mol. The third-order valence-electron chi connectivity index (χ3n) is 10.7. The number of nitrogens with zero attached hydrogens (tertiary/aromatic N) is 5. The van der Waals surface area contributed by atoms with E-state index in [9.17, 15) is 9.90 Å². The van der Waals surface area contributed by atoms with Gasteiger partial charge in [-0.25, -0.2) is 4.39 Å². The number of rotatable bonds is 7. The molecule has 45 heavy (non-hydrogen) atoms. The van der Waals surface area contributed by atoms with Crippen molar-refractivity contribution in [2.45, 2.75) is 56.1 Å². The Hall–Kier alpha value is -4.02. The maximum atomic E-state index is 16.8. The number of piperazine rings is 1. The summed E-state index contributed by atoms with van der Waals surface area (Å²) in [4.78, 5) is 29.0. The Morgan fingerprint density at radius 1 is 1.02 bits per heavy atom. The van der Waals surface area contributed by atoms with E-state index in [4.69, 9.17) is 14.7 Å². The zero-order chi connectivity index (χ0) is 30.7. The summed E-state index contributed by atoms with van der Waals surface area (Å²) in [7, 11) is 1.67. The number of amides is 1. The van der Waals surface area contributed by atoms with Gasteiger partial charge in [0.05, 0.1) is 12.1 Å². The molecule has 10 heteroatoms. The highest BCUT2D eigenvalue weighted by molar-refractivity contribution is 6.01. The van der Waals surface area contributed by atoms with Crippen molar-refractivity contribution in [3.63, 3.8) is 0 Å². The highest BCUT2D eigenvalue weighted by Crippen LogP contribution is 2.42. The van der Waals surface area contributed by atoms with Crippen LogP contribution in [0.25, 0.3) is 32.8 Å². The third-order valence-corrected chi connectivity index (χ3v) is 10.7. The van der Waals surface area contributed by atoms with E-state index >= 15 is 4.39 Å². The molecule has 2 bridgehead atoms. The standard InChI is InChI=1S/C35H39FN6O3/c1-37-30(44)20-42-23-8-9-24(42)19-40(18-23)33-28-11-10-27(29-17-25(43)16-22-6-2-3-7-26(22)29)31(36)32(28)38-34(39-33)45-21-35-12-4-14-41(35)15-5-13-35/h2-3,6-7,10-11,16-17,23-24,43H,4-5,8-9,12-15,18-21H2,1H3,(H,37,44)/t23-,24+. The van der Waals surface area contributed by atoms with E-state index in [1.807, 2.05) is 30.3 Å². The lowest BCUT2D eigenvalue weighted by Crippen LogP contribution is -2.56. The average molecular weight is 611 g/mol. The second-order valence-corrected chi connectivity index (χ2v) is 13.2. The van der Waals surface area contributed by atoms with Gasteiger partial charge in [-0.3, -0.25) is 14.6 Å². The van der Waals surface area contributed by atoms with Gasteiger partial charge >= 0.3 is 6.01 Å². The molecule has 0 aliphatic carbocycles. The highest BCUT2D eigenvalue weighted by Gasteiger charge is 2.45. The van der Waals surface area contributed by atoms with Crippen molar-refractivity contribution in [1.29, 1.82) is 0 Å². The Labute approximate surface area is 262 Å². The molecule has 8 rings (SSSR count). The fourth-order valence-corrected chi connectivity index (χ4v) is 8.48. The van der Waals surface area contributed by atoms with E-state index in [2.05, 4.69) is 20.0 Å². The number of aromatic nitrogens is 2. The molecule has 4 saturated heterocycles. The van der Waals surface area contributed by atoms with Gasteiger partial charge in [0.2, 0.25) is 5.91 Å². The van der Waals surface area contributed by atoms with Crippen LogP contribution in [0.3, 0.4) is 0 Å². The molecule has 0 saturated carbocycles. The van der Waals surface area contributed by atoms with E-state index in [0.717, 1.165) is 62.4 Å². The molecule has 4 aliphatic rings. The summed E-state index contributed by atoms with van der Waals surface area (Å²) in [5.41, 5.74) is 1.20. The number of halogens is 1. The van der Waals surface area contributed by atoms with Crippen molar-refractivity contribution in [3.8, 4) is 22.9 Å². The number of carbonyl (C=O) groups is 1. The van der Waals surface area contributed by atoms with Crippen LogP contribution in [0.4, 0.5) is 10.2 Å². The van der Waals surface area contributed by atoms with Crippen LogP contribution in [0, 0.1) is 5.82 Å². The van der Waals surface area contributed by atoms with Crippen molar-refractivity contribution in [1.82, 2.24) is 25.1 Å². The van der Waals surface area contributed by atoms with E-state index in [-0.39, 0.29) is 40.8 Å². The molecule has 3 aromatic carbocycles. The van der Waals surface area contributed by atoms with Gasteiger partial charge in [0.25, 0.3) is 0 Å². The maximum absolute atomic E-state index is 16.8. The van der Waals surface area contributed by atoms with Crippen LogP contribution in [-0.4, -0.2) is 94.8 Å². The average Bonchev–Trinajstić information content (AvgIpc) is 3.69. The van der Waals surface area contributed by atoms with Gasteiger partial charge in [-0.2, -0.15) is 9.97 Å². The van der Waals surface area contributed by atoms with E-state index in [0.29, 0.717) is 48.6 Å². The van der Waals surface area contributed by atoms with E-state index in [1.165, 1.54) is 0 Å². The van der Waals surface area contributed by atoms with Crippen molar-refractivity contribution in [3.05, 3.63) is 54.3 Å². The number of hydrogen-bond donors (Lipinski definition) is 2. The zero-order valence-electron chi connectivity index (χ0n) is 25.6. The SMILES string of the molecule is CNC(=O)CN1[C@@H]2CC[C@H]1CN(c1nc(OCC34CCCN3CCC4)nc3c(F)c(-c4cc(O)cc5ccccc45)ccc13)C2. The van der Waals surface area contributed by atoms with Gasteiger partial charge in [-0.05, 0) is 86.1 Å². The normalized spacial score (nSPS) is 22.8. The van der Waals surface area contributed by atoms with Gasteiger partial charge in [-0.1, -0.05) is 30.3 Å². The van der Waals surface area contributed by atoms with Crippen molar-refractivity contribution in [2.24, 2.45) is 0 Å². The summed E-state index contributed by atoms with van der Waals surface area (Å²) in [6.07, 6.45) is 6.51. The first-order valence-electron chi connectivity index (χ1n) is 16.2. The van der Waals surface area contributed by atoms with Crippen LogP contribution >= 0.6 is 0 Å². The Balaban J connectivity index is 1.21. The largest absolute Gasteiger partial charge is 0.508 e. The van der Waals surface area contributed by atoms with Crippen LogP contribution < -0.4 is 15.0 Å². The summed E-state index contributed by atoms with van der Waals surface area (Å²) in [6.45, 7) is 4.43. The number of phenols is 1. The lowest BCUT2D eigenvalue weighted by molar-refractivity contribution is -0.122. The number of fused-ring (bicyclic) bond motifs is 5. The topological polar surface area (TPSA) is 94.1 Å². The summed E-state index contributed by atoms with van der Waals surface area (Å²) < 4.78 is 23.2. The van der Waals surface area contributed by atoms with Gasteiger partial charge in [0.15, 0.2) is 5.82 Å². The van der Waals surface area contributed by atoms with Crippen molar-refractivity contribution in [2.75, 3.05) is 51.3 Å². The Morgan fingerprint density at radius 3 is 2.53 bits per heavy atom. The Morgan fingerprint density at radius 2 is 1.78 bits per heavy atom. The minimum Gasteiger partial charge on any atom is -0.508 e. The molecule has 4 aliphatic heterocycles. The van der Waals surface area contributed by atoms with E-state index in [1.54, 1.807) is 25.2 Å². The number of likely N-dealkylation sites (N-methyl/N-ethyl adjacent to an activating group) is 1. The quantitative estimate of drug-likeness (QED) is 0.311. The number of phenolic OH excluding ortho intramolecular Hbond substituents is 1. The van der Waals surface area contributed by atoms with Crippen LogP contribution in [0.1, 0.15) is 38.5 Å². The molecule has 2 atom stereocenters. The lowest BCUT2D eigenvalue weighted by Gasteiger charge is -2.41. The number of hydrogen-bond acceptors (Lipinski definition) is 8. The van der Waals surface area contributed by atoms with Crippen LogP contribution in [0.2, 0.25) is 0 Å². The second-order valence-electron chi connectivity index (χ2n) is 13.2. The number of ether oxygens (including phenoxy) is 1. The number of carbonyl (C=O) groups excluding carboxylic acids is 1. The molecule has 5 heterocycles. The predicted molar refractivity (Wildman–Crippen MR) is 172 cm³/mol. The molecule has 4 aromatic rings. The second kappa shape index (κ2) is 11.1. The van der Waals surface area contributed by atoms with Crippen molar-refractivity contribution < 1.29 is 19.0 Å². The summed E-state index contributed by atoms with van der Waals surface area (Å²) in [5, 5.41) is 15.6. The first-order valence-corrected chi connectivity index (χ1v) is 16.2. The number of aromatic hydroxyl groups is 1. The fourth-order valence-electron chi connectivity index (χ4n) is 8.48. The first kappa shape index (κ1) is 28.5. The van der Waals surface area contributed by atoms with Gasteiger partial charge in [0, 0.05) is 43.2 Å². The van der Waals surface area contributed by atoms with Gasteiger partial charge < -0.3 is 20.1 Å². The Bertz CT molecular complexity index is 1770. The molecule has 1 aromatic heterocycles. The van der Waals surface area contributed by atoms with Crippen LogP contribution in [0.5, 0.6) is 11.8 Å². The van der Waals surface area contributed by atoms with Crippen molar-refractivity contribution >= 4 is 33.4 Å². The summed E-state index contributed by atoms with van der Waals surface area (Å²) >= 11 is 0. The van der Waals surface area contributed by atoms with Gasteiger partial charge in [0.1, 0.15) is 23.7 Å². The predicted octanol–water partition coefficient (Wildman–Crippen LogP) is 4.70. The number of nitrogens with one attached hydrogen (secondary N) is 1. The van der Waals surface area contributed by atoms with Gasteiger partial charge in [-0.15, -0.1) is 0 Å². The molecule has 9 nitrogen and oxygen atoms in total. The molecule has 4 fully saturated rings. The molecule has 2 N–H and O–H groups in total. The molecule has 0 radical (unpaired) electrons. The summed E-state index contributed by atoms with van der Waals surface area (Å²) in [6, 6.07) is 15.3. The molecule has 1 amide bonds. The molecule has 234 valence electrons. The third kappa shape index (κ3) is 4.86. The first-order chi connectivity index (χ1) is 21.9. The van der Waals surface area contributed by atoms with E-state index < -0.39 is 5.82 Å². The minimum absolute atomic E-state index is 0.00391. The maximum Gasteiger partial charge on any atom is 0.319 e. The molecule has 0 spiro atoms. The summed E-state index contributed by atoms with van der Waals surface area (Å²) in [5.74, 6) is 0.312. The number of benzene rings is 3. The van der Waals surface area contributed by atoms with Crippen LogP contribution in [0.15, 0.2) is 48.5 Å². The zero-order valence-corrected chi connectivity index (χ0v) is 25.6. The Kier molecular flexibility index (Phi) is 7.02. The van der Waals surface area contributed by atoms with Crippen LogP contribution in [-0.2, 0) is 4.79 Å². The molecule has 0 unspecified atom stereocenters. The smallest absolute Gasteiger partial charge is 0.319 e. The highest BCUT2D eigenvalue weighted by atomic mass is 19.1. The molecular formula is C35H39FN6O3. The lowest BCUT2D eigenvalue weighted by atomic mass is 9.95. The fraction of sp³-hybridized carbons (Fsp3) is 0.457. The molecular weight excluding hydrogens is 571 g/mol. The minimum atomic E-state index is -0.459.